The maximum atomic E-state index is 15.6. The van der Waals surface area contributed by atoms with E-state index in [4.69, 9.17) is 14.2 Å². The van der Waals surface area contributed by atoms with Crippen molar-refractivity contribution in [3.8, 4) is 23.0 Å². The van der Waals surface area contributed by atoms with E-state index < -0.39 is 71.8 Å². The highest BCUT2D eigenvalue weighted by Gasteiger charge is 2.33. The molecule has 0 spiro atoms. The van der Waals surface area contributed by atoms with Gasteiger partial charge < -0.3 is 45.5 Å². The summed E-state index contributed by atoms with van der Waals surface area (Å²) >= 11 is 0. The van der Waals surface area contributed by atoms with Gasteiger partial charge in [0.1, 0.15) is 29.2 Å². The number of fused-ring (bicyclic) bond motifs is 4. The number of aryl methyl sites for hydroxylation is 1. The Balaban J connectivity index is 1.48. The molecule has 3 atom stereocenters. The summed E-state index contributed by atoms with van der Waals surface area (Å²) in [5, 5.41) is 21.4. The van der Waals surface area contributed by atoms with Crippen LogP contribution in [0.2, 0.25) is 0 Å². The van der Waals surface area contributed by atoms with E-state index in [1.165, 1.54) is 33.4 Å². The van der Waals surface area contributed by atoms with Crippen LogP contribution in [0, 0.1) is 18.8 Å². The maximum Gasteiger partial charge on any atom is 0.277 e. The Bertz CT molecular complexity index is 2140. The Morgan fingerprint density at radius 2 is 1.68 bits per heavy atom. The van der Waals surface area contributed by atoms with Crippen LogP contribution in [0.4, 0.5) is 4.39 Å². The first-order chi connectivity index (χ1) is 27.2. The molecule has 2 aromatic heterocycles. The smallest absolute Gasteiger partial charge is 0.277 e. The first-order valence-electron chi connectivity index (χ1n) is 18.5. The number of aliphatic hydroxyl groups is 1. The molecule has 0 saturated heterocycles. The van der Waals surface area contributed by atoms with Crippen LogP contribution in [0.15, 0.2) is 54.7 Å². The summed E-state index contributed by atoms with van der Waals surface area (Å²) < 4.78 is 34.1. The number of ether oxygens (including phenoxy) is 3. The molecule has 0 aliphatic carbocycles. The second kappa shape index (κ2) is 18.6. The Labute approximate surface area is 329 Å². The van der Waals surface area contributed by atoms with Crippen molar-refractivity contribution < 1.29 is 47.7 Å². The monoisotopic (exact) mass is 789 g/mol. The largest absolute Gasteiger partial charge is 0.496 e. The number of pyridine rings is 1. The van der Waals surface area contributed by atoms with E-state index in [1.807, 2.05) is 0 Å². The van der Waals surface area contributed by atoms with Crippen molar-refractivity contribution in [3.05, 3.63) is 83.1 Å². The molecule has 2 aromatic carbocycles. The zero-order valence-corrected chi connectivity index (χ0v) is 32.7. The van der Waals surface area contributed by atoms with E-state index in [1.54, 1.807) is 63.2 Å². The third kappa shape index (κ3) is 9.96. The van der Waals surface area contributed by atoms with Crippen molar-refractivity contribution in [2.75, 3.05) is 33.9 Å². The van der Waals surface area contributed by atoms with Crippen LogP contribution >= 0.6 is 0 Å². The lowest BCUT2D eigenvalue weighted by atomic mass is 10.0. The van der Waals surface area contributed by atoms with Gasteiger partial charge in [0.05, 0.1) is 39.0 Å². The van der Waals surface area contributed by atoms with Crippen LogP contribution in [-0.2, 0) is 20.9 Å². The molecular weight excluding hydrogens is 741 g/mol. The maximum absolute atomic E-state index is 15.6. The third-order valence-electron chi connectivity index (χ3n) is 9.40. The number of halogens is 1. The minimum Gasteiger partial charge on any atom is -0.496 e. The lowest BCUT2D eigenvalue weighted by Gasteiger charge is -2.28. The number of benzene rings is 2. The Hall–Kier alpha value is -6.23. The van der Waals surface area contributed by atoms with E-state index in [0.717, 1.165) is 14.9 Å². The molecule has 304 valence electrons. The average Bonchev–Trinajstić information content (AvgIpc) is 3.51. The molecule has 1 aliphatic heterocycles. The molecule has 5 N–H and O–H groups in total. The second-order valence-electron chi connectivity index (χ2n) is 14.0. The van der Waals surface area contributed by atoms with Gasteiger partial charge in [0.25, 0.3) is 11.8 Å². The highest BCUT2D eigenvalue weighted by atomic mass is 19.1. The van der Waals surface area contributed by atoms with Crippen molar-refractivity contribution in [2.24, 2.45) is 5.92 Å². The van der Waals surface area contributed by atoms with E-state index in [2.05, 4.69) is 26.3 Å². The molecule has 4 aromatic rings. The summed E-state index contributed by atoms with van der Waals surface area (Å²) in [7, 11) is 2.91. The standard InChI is InChI=1S/C40H48FN7O9/c1-22(2)33-38(52)43-19-26-27(55-5)10-9-11-28(26)57-30-18-25(13-14-29(30)56-6)37(51)42-16-7-8-17-47(21-32(50)45-34(24(4)49)39(53)46-33)40(54)35-36(41)48-20-23(3)12-15-31(48)44-35/h9-15,18,20,22,24,33-34,49H,7-8,16-17,19,21H2,1-6H3,(H,42,51)(H,43,52)(H,45,50)(H,46,53)/t24-,33-,34+/m1/s1. The van der Waals surface area contributed by atoms with Crippen molar-refractivity contribution in [2.45, 2.75) is 65.3 Å². The van der Waals surface area contributed by atoms with Gasteiger partial charge in [-0.1, -0.05) is 26.0 Å². The first-order valence-corrected chi connectivity index (χ1v) is 18.5. The van der Waals surface area contributed by atoms with Crippen LogP contribution in [-0.4, -0.2) is 101 Å². The van der Waals surface area contributed by atoms with E-state index in [-0.39, 0.29) is 43.0 Å². The van der Waals surface area contributed by atoms with Gasteiger partial charge in [-0.3, -0.25) is 28.4 Å². The highest BCUT2D eigenvalue weighted by Crippen LogP contribution is 2.37. The molecule has 5 amide bonds. The minimum atomic E-state index is -1.53. The topological polar surface area (TPSA) is 202 Å². The number of carbonyl (C=O) groups is 5. The fourth-order valence-corrected chi connectivity index (χ4v) is 6.28. The number of carbonyl (C=O) groups excluding carboxylic acids is 5. The number of methoxy groups -OCH3 is 2. The van der Waals surface area contributed by atoms with E-state index >= 15 is 4.39 Å². The van der Waals surface area contributed by atoms with Gasteiger partial charge in [0.2, 0.25) is 23.7 Å². The molecule has 3 heterocycles. The minimum absolute atomic E-state index is 0.0566. The molecule has 1 aliphatic rings. The zero-order chi connectivity index (χ0) is 41.4. The molecule has 0 unspecified atom stereocenters. The molecule has 0 radical (unpaired) electrons. The Morgan fingerprint density at radius 3 is 2.39 bits per heavy atom. The lowest BCUT2D eigenvalue weighted by Crippen LogP contribution is -2.59. The lowest BCUT2D eigenvalue weighted by molar-refractivity contribution is -0.135. The van der Waals surface area contributed by atoms with Crippen LogP contribution in [0.5, 0.6) is 23.0 Å². The number of nitrogens with zero attached hydrogens (tertiary/aromatic N) is 3. The average molecular weight is 790 g/mol. The predicted octanol–water partition coefficient (Wildman–Crippen LogP) is 2.88. The molecule has 2 bridgehead atoms. The van der Waals surface area contributed by atoms with Crippen LogP contribution in [0.1, 0.15) is 65.6 Å². The summed E-state index contributed by atoms with van der Waals surface area (Å²) in [6.45, 7) is 5.87. The summed E-state index contributed by atoms with van der Waals surface area (Å²) in [6, 6.07) is 10.3. The zero-order valence-electron chi connectivity index (χ0n) is 32.7. The molecule has 0 saturated carbocycles. The number of hydrogen-bond donors (Lipinski definition) is 5. The Morgan fingerprint density at radius 1 is 0.930 bits per heavy atom. The summed E-state index contributed by atoms with van der Waals surface area (Å²) in [5.41, 5.74) is 1.12. The molecule has 16 nitrogen and oxygen atoms in total. The number of nitrogens with one attached hydrogen (secondary N) is 4. The number of amides is 5. The number of aromatic nitrogens is 2. The molecular formula is C40H48FN7O9. The molecule has 17 heteroatoms. The third-order valence-corrected chi connectivity index (χ3v) is 9.40. The van der Waals surface area contributed by atoms with Gasteiger partial charge in [0, 0.05) is 24.8 Å². The number of rotatable bonds is 5. The quantitative estimate of drug-likeness (QED) is 0.200. The SMILES string of the molecule is COc1ccc2cc1Oc1cccc(OC)c1CNC(=O)[C@@H](C(C)C)NC(=O)[C@H]([C@@H](C)O)NC(=O)CN(C(=O)c1nc3ccc(C)cn3c1F)CCCCNC2=O. The summed E-state index contributed by atoms with van der Waals surface area (Å²) in [5.74, 6) is -3.70. The first kappa shape index (κ1) is 41.9. The predicted molar refractivity (Wildman–Crippen MR) is 206 cm³/mol. The highest BCUT2D eigenvalue weighted by molar-refractivity contribution is 5.97. The Kier molecular flexibility index (Phi) is 13.7. The van der Waals surface area contributed by atoms with Crippen molar-refractivity contribution in [3.63, 3.8) is 0 Å². The van der Waals surface area contributed by atoms with Crippen LogP contribution < -0.4 is 35.5 Å². The van der Waals surface area contributed by atoms with E-state index in [0.29, 0.717) is 29.2 Å². The van der Waals surface area contributed by atoms with Gasteiger partial charge in [0.15, 0.2) is 17.2 Å². The van der Waals surface area contributed by atoms with Gasteiger partial charge in [-0.05, 0) is 74.6 Å². The molecule has 0 fully saturated rings. The van der Waals surface area contributed by atoms with Crippen LogP contribution in [0.3, 0.4) is 0 Å². The van der Waals surface area contributed by atoms with E-state index in [9.17, 15) is 29.1 Å². The number of aliphatic hydroxyl groups excluding tert-OH is 1. The second-order valence-corrected chi connectivity index (χ2v) is 14.0. The fraction of sp³-hybridized carbons (Fsp3) is 0.400. The molecule has 5 rings (SSSR count). The summed E-state index contributed by atoms with van der Waals surface area (Å²) in [4.78, 5) is 73.2. The summed E-state index contributed by atoms with van der Waals surface area (Å²) in [6.07, 6.45) is 0.693. The van der Waals surface area contributed by atoms with Gasteiger partial charge >= 0.3 is 0 Å². The van der Waals surface area contributed by atoms with Gasteiger partial charge in [-0.15, -0.1) is 0 Å². The molecule has 57 heavy (non-hydrogen) atoms. The number of hydrogen-bond acceptors (Lipinski definition) is 10. The number of imidazole rings is 1. The fourth-order valence-electron chi connectivity index (χ4n) is 6.28. The van der Waals surface area contributed by atoms with Crippen LogP contribution in [0.25, 0.3) is 5.65 Å². The normalized spacial score (nSPS) is 18.4. The van der Waals surface area contributed by atoms with Crippen molar-refractivity contribution in [1.82, 2.24) is 35.6 Å². The van der Waals surface area contributed by atoms with Crippen molar-refractivity contribution >= 4 is 35.2 Å². The van der Waals surface area contributed by atoms with Gasteiger partial charge in [-0.2, -0.15) is 4.39 Å². The van der Waals surface area contributed by atoms with Crippen molar-refractivity contribution in [1.29, 1.82) is 0 Å². The van der Waals surface area contributed by atoms with Gasteiger partial charge in [-0.25, -0.2) is 4.98 Å².